The molecule has 2 N–H and O–H groups in total. The van der Waals surface area contributed by atoms with Gasteiger partial charge in [0.15, 0.2) is 0 Å². The zero-order valence-electron chi connectivity index (χ0n) is 10.8. The molecule has 0 heterocycles. The summed E-state index contributed by atoms with van der Waals surface area (Å²) in [7, 11) is 0. The second-order valence-corrected chi connectivity index (χ2v) is 4.39. The summed E-state index contributed by atoms with van der Waals surface area (Å²) in [4.78, 5) is 1.14. The predicted octanol–water partition coefficient (Wildman–Crippen LogP) is 3.11. The van der Waals surface area contributed by atoms with E-state index in [1.165, 1.54) is 6.07 Å². The molecule has 19 heavy (non-hydrogen) atoms. The highest BCUT2D eigenvalue weighted by Gasteiger charge is 2.30. The van der Waals surface area contributed by atoms with E-state index in [9.17, 15) is 17.6 Å². The van der Waals surface area contributed by atoms with E-state index < -0.39 is 18.5 Å². The molecule has 0 aliphatic carbocycles. The van der Waals surface area contributed by atoms with Crippen LogP contribution in [0.1, 0.15) is 18.9 Å². The topological polar surface area (TPSA) is 29.3 Å². The molecule has 0 saturated carbocycles. The maximum Gasteiger partial charge on any atom is 0.405 e. The molecule has 0 aromatic heterocycles. The van der Waals surface area contributed by atoms with Crippen LogP contribution in [0.4, 0.5) is 23.2 Å². The van der Waals surface area contributed by atoms with Crippen molar-refractivity contribution in [2.45, 2.75) is 25.9 Å². The largest absolute Gasteiger partial charge is 0.405 e. The van der Waals surface area contributed by atoms with Gasteiger partial charge in [0.25, 0.3) is 0 Å². The molecule has 0 atom stereocenters. The highest BCUT2D eigenvalue weighted by molar-refractivity contribution is 5.49. The SMILES string of the molecule is CCCN(CC(F)(F)F)c1cc(F)cc(CCN)c1. The molecule has 0 spiro atoms. The molecule has 0 unspecified atom stereocenters. The number of rotatable bonds is 6. The molecule has 1 rings (SSSR count). The second-order valence-electron chi connectivity index (χ2n) is 4.39. The van der Waals surface area contributed by atoms with Crippen LogP contribution in [-0.2, 0) is 6.42 Å². The number of hydrogen-bond acceptors (Lipinski definition) is 2. The standard InChI is InChI=1S/C13H18F4N2/c1-2-5-19(9-13(15,16)17)12-7-10(3-4-18)6-11(14)8-12/h6-8H,2-5,9,18H2,1H3. The molecular formula is C13H18F4N2. The molecule has 6 heteroatoms. The first-order valence-corrected chi connectivity index (χ1v) is 6.17. The van der Waals surface area contributed by atoms with Crippen molar-refractivity contribution in [2.24, 2.45) is 5.73 Å². The van der Waals surface area contributed by atoms with Gasteiger partial charge in [0.05, 0.1) is 0 Å². The Morgan fingerprint density at radius 3 is 2.42 bits per heavy atom. The Morgan fingerprint density at radius 1 is 1.21 bits per heavy atom. The van der Waals surface area contributed by atoms with Gasteiger partial charge in [-0.2, -0.15) is 13.2 Å². The Morgan fingerprint density at radius 2 is 1.89 bits per heavy atom. The lowest BCUT2D eigenvalue weighted by molar-refractivity contribution is -0.119. The third-order valence-electron chi connectivity index (χ3n) is 2.60. The van der Waals surface area contributed by atoms with Crippen molar-refractivity contribution in [1.82, 2.24) is 0 Å². The van der Waals surface area contributed by atoms with Crippen molar-refractivity contribution in [3.63, 3.8) is 0 Å². The van der Waals surface area contributed by atoms with Crippen LogP contribution < -0.4 is 10.6 Å². The van der Waals surface area contributed by atoms with Crippen molar-refractivity contribution in [1.29, 1.82) is 0 Å². The zero-order valence-corrected chi connectivity index (χ0v) is 10.8. The lowest BCUT2D eigenvalue weighted by atomic mass is 10.1. The summed E-state index contributed by atoms with van der Waals surface area (Å²) in [5.74, 6) is -0.538. The lowest BCUT2D eigenvalue weighted by Crippen LogP contribution is -2.35. The molecule has 1 aromatic rings. The molecule has 108 valence electrons. The summed E-state index contributed by atoms with van der Waals surface area (Å²) >= 11 is 0. The van der Waals surface area contributed by atoms with Gasteiger partial charge in [-0.15, -0.1) is 0 Å². The number of anilines is 1. The van der Waals surface area contributed by atoms with E-state index in [2.05, 4.69) is 0 Å². The van der Waals surface area contributed by atoms with Crippen LogP contribution >= 0.6 is 0 Å². The number of nitrogens with zero attached hydrogens (tertiary/aromatic N) is 1. The van der Waals surface area contributed by atoms with Crippen molar-refractivity contribution in [2.75, 3.05) is 24.5 Å². The smallest absolute Gasteiger partial charge is 0.363 e. The van der Waals surface area contributed by atoms with E-state index in [4.69, 9.17) is 5.73 Å². The Hall–Kier alpha value is -1.30. The Balaban J connectivity index is 3.00. The van der Waals surface area contributed by atoms with Crippen LogP contribution in [0, 0.1) is 5.82 Å². The van der Waals surface area contributed by atoms with Crippen molar-refractivity contribution < 1.29 is 17.6 Å². The van der Waals surface area contributed by atoms with Gasteiger partial charge in [0.1, 0.15) is 12.4 Å². The zero-order chi connectivity index (χ0) is 14.5. The minimum Gasteiger partial charge on any atom is -0.363 e. The lowest BCUT2D eigenvalue weighted by Gasteiger charge is -2.26. The Kier molecular flexibility index (Phi) is 5.60. The number of halogens is 4. The normalized spacial score (nSPS) is 11.7. The van der Waals surface area contributed by atoms with Gasteiger partial charge in [-0.25, -0.2) is 4.39 Å². The van der Waals surface area contributed by atoms with Crippen LogP contribution in [0.2, 0.25) is 0 Å². The minimum atomic E-state index is -4.31. The summed E-state index contributed by atoms with van der Waals surface area (Å²) in [5, 5.41) is 0. The van der Waals surface area contributed by atoms with Gasteiger partial charge < -0.3 is 10.6 Å². The van der Waals surface area contributed by atoms with Crippen LogP contribution in [0.25, 0.3) is 0 Å². The Bertz CT molecular complexity index is 404. The highest BCUT2D eigenvalue weighted by Crippen LogP contribution is 2.24. The minimum absolute atomic E-state index is 0.227. The van der Waals surface area contributed by atoms with Crippen LogP contribution in [0.5, 0.6) is 0 Å². The summed E-state index contributed by atoms with van der Waals surface area (Å²) in [6.07, 6.45) is -3.31. The average molecular weight is 278 g/mol. The van der Waals surface area contributed by atoms with E-state index in [0.29, 0.717) is 24.9 Å². The van der Waals surface area contributed by atoms with Gasteiger partial charge in [-0.3, -0.25) is 0 Å². The fourth-order valence-corrected chi connectivity index (χ4v) is 1.91. The average Bonchev–Trinajstić information content (AvgIpc) is 2.26. The maximum absolute atomic E-state index is 13.4. The summed E-state index contributed by atoms with van der Waals surface area (Å²) < 4.78 is 51.0. The maximum atomic E-state index is 13.4. The predicted molar refractivity (Wildman–Crippen MR) is 67.7 cm³/mol. The third-order valence-corrected chi connectivity index (χ3v) is 2.60. The van der Waals surface area contributed by atoms with Gasteiger partial charge in [-0.05, 0) is 43.1 Å². The number of alkyl halides is 3. The number of hydrogen-bond donors (Lipinski definition) is 1. The van der Waals surface area contributed by atoms with E-state index in [1.807, 2.05) is 0 Å². The molecule has 1 aromatic carbocycles. The summed E-state index contributed by atoms with van der Waals surface area (Å²) in [6, 6.07) is 3.99. The first-order valence-electron chi connectivity index (χ1n) is 6.17. The summed E-state index contributed by atoms with van der Waals surface area (Å²) in [5.41, 5.74) is 6.25. The molecular weight excluding hydrogens is 260 g/mol. The van der Waals surface area contributed by atoms with Crippen molar-refractivity contribution >= 4 is 5.69 Å². The van der Waals surface area contributed by atoms with Gasteiger partial charge in [0, 0.05) is 12.2 Å². The molecule has 0 saturated heterocycles. The molecule has 0 radical (unpaired) electrons. The van der Waals surface area contributed by atoms with Crippen LogP contribution in [0.3, 0.4) is 0 Å². The van der Waals surface area contributed by atoms with Gasteiger partial charge in [-0.1, -0.05) is 6.92 Å². The molecule has 0 aliphatic rings. The van der Waals surface area contributed by atoms with Gasteiger partial charge >= 0.3 is 6.18 Å². The van der Waals surface area contributed by atoms with Crippen molar-refractivity contribution in [3.8, 4) is 0 Å². The molecule has 0 aliphatic heterocycles. The molecule has 0 amide bonds. The van der Waals surface area contributed by atoms with Crippen LogP contribution in [-0.4, -0.2) is 25.8 Å². The number of nitrogens with two attached hydrogens (primary N) is 1. The monoisotopic (exact) mass is 278 g/mol. The van der Waals surface area contributed by atoms with Crippen LogP contribution in [0.15, 0.2) is 18.2 Å². The fourth-order valence-electron chi connectivity index (χ4n) is 1.91. The van der Waals surface area contributed by atoms with E-state index in [0.717, 1.165) is 11.0 Å². The van der Waals surface area contributed by atoms with E-state index in [1.54, 1.807) is 13.0 Å². The molecule has 2 nitrogen and oxygen atoms in total. The first-order chi connectivity index (χ1) is 8.85. The second kappa shape index (κ2) is 6.75. The van der Waals surface area contributed by atoms with E-state index in [-0.39, 0.29) is 12.2 Å². The van der Waals surface area contributed by atoms with E-state index >= 15 is 0 Å². The molecule has 0 fully saturated rings. The van der Waals surface area contributed by atoms with Gasteiger partial charge in [0.2, 0.25) is 0 Å². The van der Waals surface area contributed by atoms with Crippen molar-refractivity contribution in [3.05, 3.63) is 29.6 Å². The fraction of sp³-hybridized carbons (Fsp3) is 0.538. The quantitative estimate of drug-likeness (QED) is 0.810. The highest BCUT2D eigenvalue weighted by atomic mass is 19.4. The first kappa shape index (κ1) is 15.8. The third kappa shape index (κ3) is 5.46. The molecule has 0 bridgehead atoms. The Labute approximate surface area is 110 Å². The number of benzene rings is 1. The summed E-state index contributed by atoms with van der Waals surface area (Å²) in [6.45, 7) is 1.26.